The second-order valence-electron chi connectivity index (χ2n) is 5.97. The van der Waals surface area contributed by atoms with Crippen molar-refractivity contribution in [3.8, 4) is 5.75 Å². The van der Waals surface area contributed by atoms with Crippen LogP contribution in [0.3, 0.4) is 0 Å². The number of benzene rings is 3. The number of amides is 1. The van der Waals surface area contributed by atoms with Crippen molar-refractivity contribution in [3.63, 3.8) is 0 Å². The lowest BCUT2D eigenvalue weighted by molar-refractivity contribution is 0.0942. The molecule has 26 heavy (non-hydrogen) atoms. The molecule has 134 valence electrons. The molecule has 1 amide bonds. The highest BCUT2D eigenvalue weighted by molar-refractivity contribution is 9.10. The van der Waals surface area contributed by atoms with Crippen molar-refractivity contribution >= 4 is 32.6 Å². The molecule has 0 aliphatic rings. The second-order valence-corrected chi connectivity index (χ2v) is 6.83. The zero-order valence-electron chi connectivity index (χ0n) is 14.4. The molecule has 2 N–H and O–H groups in total. The molecule has 0 spiro atoms. The van der Waals surface area contributed by atoms with Crippen LogP contribution in [0.4, 0.5) is 0 Å². The summed E-state index contributed by atoms with van der Waals surface area (Å²) in [7, 11) is 1.56. The van der Waals surface area contributed by atoms with Crippen molar-refractivity contribution < 1.29 is 14.6 Å². The van der Waals surface area contributed by atoms with Crippen LogP contribution in [-0.4, -0.2) is 24.7 Å². The van der Waals surface area contributed by atoms with Gasteiger partial charge < -0.3 is 15.2 Å². The third kappa shape index (κ3) is 4.06. The van der Waals surface area contributed by atoms with E-state index in [-0.39, 0.29) is 5.91 Å². The number of halogens is 1. The van der Waals surface area contributed by atoms with Crippen molar-refractivity contribution in [1.29, 1.82) is 0 Å². The quantitative estimate of drug-likeness (QED) is 0.626. The number of nitrogens with one attached hydrogen (secondary N) is 1. The Morgan fingerprint density at radius 1 is 1.15 bits per heavy atom. The van der Waals surface area contributed by atoms with Gasteiger partial charge in [-0.2, -0.15) is 0 Å². The lowest BCUT2D eigenvalue weighted by atomic mass is 9.99. The number of aliphatic hydroxyl groups is 1. The molecule has 0 aromatic heterocycles. The van der Waals surface area contributed by atoms with Crippen molar-refractivity contribution in [2.75, 3.05) is 13.7 Å². The van der Waals surface area contributed by atoms with Crippen LogP contribution < -0.4 is 10.1 Å². The Labute approximate surface area is 160 Å². The molecule has 0 fully saturated rings. The highest BCUT2D eigenvalue weighted by Gasteiger charge is 2.14. The van der Waals surface area contributed by atoms with Crippen molar-refractivity contribution in [2.24, 2.45) is 0 Å². The van der Waals surface area contributed by atoms with Crippen LogP contribution in [0.5, 0.6) is 5.75 Å². The molecule has 1 atom stereocenters. The maximum absolute atomic E-state index is 12.4. The number of fused-ring (bicyclic) bond motifs is 1. The van der Waals surface area contributed by atoms with Gasteiger partial charge in [-0.05, 0) is 56.9 Å². The summed E-state index contributed by atoms with van der Waals surface area (Å²) in [6, 6.07) is 19.1. The Bertz CT molecular complexity index is 921. The van der Waals surface area contributed by atoms with E-state index in [1.54, 1.807) is 25.3 Å². The second kappa shape index (κ2) is 8.34. The minimum atomic E-state index is -0.643. The Morgan fingerprint density at radius 2 is 1.92 bits per heavy atom. The molecule has 3 aromatic carbocycles. The molecule has 5 heteroatoms. The largest absolute Gasteiger partial charge is 0.497 e. The molecule has 0 heterocycles. The molecule has 0 bridgehead atoms. The number of methoxy groups -OCH3 is 1. The van der Waals surface area contributed by atoms with Gasteiger partial charge in [0.2, 0.25) is 0 Å². The van der Waals surface area contributed by atoms with Crippen molar-refractivity contribution in [3.05, 3.63) is 76.3 Å². The molecule has 0 aliphatic carbocycles. The summed E-state index contributed by atoms with van der Waals surface area (Å²) in [5.41, 5.74) is 1.38. The number of aliphatic hydroxyl groups excluding tert-OH is 1. The maximum Gasteiger partial charge on any atom is 0.252 e. The van der Waals surface area contributed by atoms with E-state index in [4.69, 9.17) is 4.74 Å². The summed E-state index contributed by atoms with van der Waals surface area (Å²) < 4.78 is 5.86. The summed E-state index contributed by atoms with van der Waals surface area (Å²) >= 11 is 3.38. The molecular formula is C21H20BrNO3. The number of rotatable bonds is 6. The Hall–Kier alpha value is -2.37. The monoisotopic (exact) mass is 413 g/mol. The zero-order valence-corrected chi connectivity index (χ0v) is 16.0. The van der Waals surface area contributed by atoms with Gasteiger partial charge in [-0.3, -0.25) is 4.79 Å². The average molecular weight is 414 g/mol. The molecule has 0 radical (unpaired) electrons. The Balaban J connectivity index is 1.65. The Kier molecular flexibility index (Phi) is 5.91. The number of hydrogen-bond donors (Lipinski definition) is 2. The molecule has 1 unspecified atom stereocenters. The molecule has 4 nitrogen and oxygen atoms in total. The van der Waals surface area contributed by atoms with Gasteiger partial charge in [-0.25, -0.2) is 0 Å². The summed E-state index contributed by atoms with van der Waals surface area (Å²) in [4.78, 5) is 12.4. The summed E-state index contributed by atoms with van der Waals surface area (Å²) in [6.07, 6.45) is -0.211. The molecule has 3 aromatic rings. The van der Waals surface area contributed by atoms with Crippen LogP contribution in [0.15, 0.2) is 65.1 Å². The first-order chi connectivity index (χ1) is 12.6. The van der Waals surface area contributed by atoms with Gasteiger partial charge in [0.15, 0.2) is 0 Å². The SMILES string of the molecule is COc1ccc(Br)c(C(=O)NCCC(O)c2cccc3ccccc23)c1. The first-order valence-electron chi connectivity index (χ1n) is 8.37. The lowest BCUT2D eigenvalue weighted by Crippen LogP contribution is -2.26. The van der Waals surface area contributed by atoms with Crippen LogP contribution >= 0.6 is 15.9 Å². The molecule has 0 saturated heterocycles. The van der Waals surface area contributed by atoms with Gasteiger partial charge in [0.1, 0.15) is 5.75 Å². The third-order valence-electron chi connectivity index (χ3n) is 4.30. The molecular weight excluding hydrogens is 394 g/mol. The van der Waals surface area contributed by atoms with E-state index in [1.807, 2.05) is 42.5 Å². The van der Waals surface area contributed by atoms with E-state index >= 15 is 0 Å². The fraction of sp³-hybridized carbons (Fsp3) is 0.190. The fourth-order valence-corrected chi connectivity index (χ4v) is 3.35. The highest BCUT2D eigenvalue weighted by Crippen LogP contribution is 2.26. The van der Waals surface area contributed by atoms with E-state index in [1.165, 1.54) is 0 Å². The van der Waals surface area contributed by atoms with Gasteiger partial charge in [0.25, 0.3) is 5.91 Å². The van der Waals surface area contributed by atoms with Crippen LogP contribution in [0, 0.1) is 0 Å². The van der Waals surface area contributed by atoms with E-state index in [9.17, 15) is 9.90 Å². The Morgan fingerprint density at radius 3 is 2.73 bits per heavy atom. The lowest BCUT2D eigenvalue weighted by Gasteiger charge is -2.15. The smallest absolute Gasteiger partial charge is 0.252 e. The fourth-order valence-electron chi connectivity index (χ4n) is 2.92. The predicted octanol–water partition coefficient (Wildman–Crippen LogP) is 4.46. The van der Waals surface area contributed by atoms with E-state index in [0.717, 1.165) is 16.3 Å². The number of carbonyl (C=O) groups is 1. The van der Waals surface area contributed by atoms with Gasteiger partial charge >= 0.3 is 0 Å². The van der Waals surface area contributed by atoms with Crippen LogP contribution in [-0.2, 0) is 0 Å². The first-order valence-corrected chi connectivity index (χ1v) is 9.17. The van der Waals surface area contributed by atoms with E-state index in [0.29, 0.717) is 28.8 Å². The number of carbonyl (C=O) groups excluding carboxylic acids is 1. The van der Waals surface area contributed by atoms with E-state index in [2.05, 4.69) is 21.2 Å². The maximum atomic E-state index is 12.4. The summed E-state index contributed by atoms with van der Waals surface area (Å²) in [5.74, 6) is 0.412. The summed E-state index contributed by atoms with van der Waals surface area (Å²) in [5, 5.41) is 15.5. The highest BCUT2D eigenvalue weighted by atomic mass is 79.9. The van der Waals surface area contributed by atoms with E-state index < -0.39 is 6.10 Å². The zero-order chi connectivity index (χ0) is 18.5. The topological polar surface area (TPSA) is 58.6 Å². The van der Waals surface area contributed by atoms with Crippen molar-refractivity contribution in [1.82, 2.24) is 5.32 Å². The van der Waals surface area contributed by atoms with Gasteiger partial charge in [0.05, 0.1) is 18.8 Å². The molecule has 3 rings (SSSR count). The van der Waals surface area contributed by atoms with Crippen LogP contribution in [0.2, 0.25) is 0 Å². The number of hydrogen-bond acceptors (Lipinski definition) is 3. The first kappa shape index (κ1) is 18.4. The summed E-state index contributed by atoms with van der Waals surface area (Å²) in [6.45, 7) is 0.368. The predicted molar refractivity (Wildman–Crippen MR) is 107 cm³/mol. The third-order valence-corrected chi connectivity index (χ3v) is 5.00. The van der Waals surface area contributed by atoms with Gasteiger partial charge in [-0.15, -0.1) is 0 Å². The normalized spacial score (nSPS) is 12.0. The standard InChI is InChI=1S/C21H20BrNO3/c1-26-15-9-10-19(22)18(13-15)21(25)23-12-11-20(24)17-8-4-6-14-5-2-3-7-16(14)17/h2-10,13,20,24H,11-12H2,1H3,(H,23,25). The van der Waals surface area contributed by atoms with Gasteiger partial charge in [-0.1, -0.05) is 42.5 Å². The minimum absolute atomic E-state index is 0.208. The van der Waals surface area contributed by atoms with Crippen LogP contribution in [0.1, 0.15) is 28.4 Å². The van der Waals surface area contributed by atoms with Crippen LogP contribution in [0.25, 0.3) is 10.8 Å². The average Bonchev–Trinajstić information content (AvgIpc) is 2.67. The van der Waals surface area contributed by atoms with Crippen molar-refractivity contribution in [2.45, 2.75) is 12.5 Å². The minimum Gasteiger partial charge on any atom is -0.497 e. The molecule has 0 aliphatic heterocycles. The molecule has 0 saturated carbocycles. The van der Waals surface area contributed by atoms with Gasteiger partial charge in [0, 0.05) is 11.0 Å². The number of ether oxygens (including phenoxy) is 1.